The van der Waals surface area contributed by atoms with Crippen LogP contribution in [-0.2, 0) is 11.2 Å². The molecule has 5 nitrogen and oxygen atoms in total. The molecule has 1 aromatic rings. The maximum Gasteiger partial charge on any atom is 0.324 e. The van der Waals surface area contributed by atoms with Crippen molar-refractivity contribution in [1.82, 2.24) is 4.90 Å². The summed E-state index contributed by atoms with van der Waals surface area (Å²) >= 11 is 0. The van der Waals surface area contributed by atoms with E-state index in [1.807, 2.05) is 38.1 Å². The van der Waals surface area contributed by atoms with E-state index in [1.54, 1.807) is 16.8 Å². The van der Waals surface area contributed by atoms with Gasteiger partial charge in [0.05, 0.1) is 5.92 Å². The third-order valence-corrected chi connectivity index (χ3v) is 3.81. The molecule has 0 bridgehead atoms. The molecule has 1 N–H and O–H groups in total. The van der Waals surface area contributed by atoms with E-state index < -0.39 is 11.9 Å². The van der Waals surface area contributed by atoms with Crippen LogP contribution in [-0.4, -0.2) is 41.6 Å². The van der Waals surface area contributed by atoms with Crippen LogP contribution >= 0.6 is 0 Å². The van der Waals surface area contributed by atoms with Crippen molar-refractivity contribution in [3.63, 3.8) is 0 Å². The van der Waals surface area contributed by atoms with Gasteiger partial charge in [0.15, 0.2) is 0 Å². The average Bonchev–Trinajstić information content (AvgIpc) is 2.44. The summed E-state index contributed by atoms with van der Waals surface area (Å²) in [5.41, 5.74) is 1.74. The Morgan fingerprint density at radius 3 is 2.60 bits per heavy atom. The van der Waals surface area contributed by atoms with Gasteiger partial charge < -0.3 is 10.0 Å². The molecule has 108 valence electrons. The minimum atomic E-state index is -0.857. The molecule has 0 fully saturated rings. The number of fused-ring (bicyclic) bond motifs is 1. The lowest BCUT2D eigenvalue weighted by atomic mass is 9.93. The van der Waals surface area contributed by atoms with E-state index in [0.717, 1.165) is 11.3 Å². The van der Waals surface area contributed by atoms with E-state index in [4.69, 9.17) is 0 Å². The highest BCUT2D eigenvalue weighted by Gasteiger charge is 2.33. The van der Waals surface area contributed by atoms with Gasteiger partial charge in [0.25, 0.3) is 0 Å². The highest BCUT2D eigenvalue weighted by molar-refractivity contribution is 5.94. The molecule has 1 aromatic carbocycles. The molecule has 2 rings (SSSR count). The summed E-state index contributed by atoms with van der Waals surface area (Å²) in [6.45, 7) is 4.09. The zero-order valence-electron chi connectivity index (χ0n) is 12.0. The van der Waals surface area contributed by atoms with Crippen molar-refractivity contribution in [2.75, 3.05) is 18.5 Å². The highest BCUT2D eigenvalue weighted by Crippen LogP contribution is 2.30. The van der Waals surface area contributed by atoms with Gasteiger partial charge in [0.1, 0.15) is 0 Å². The van der Waals surface area contributed by atoms with E-state index in [1.165, 1.54) is 0 Å². The van der Waals surface area contributed by atoms with Crippen LogP contribution < -0.4 is 4.90 Å². The molecular formula is C15H20N2O3. The van der Waals surface area contributed by atoms with Gasteiger partial charge >= 0.3 is 12.0 Å². The summed E-state index contributed by atoms with van der Waals surface area (Å²) in [5.74, 6) is -1.40. The van der Waals surface area contributed by atoms with Crippen molar-refractivity contribution in [1.29, 1.82) is 0 Å². The molecular weight excluding hydrogens is 256 g/mol. The first-order chi connectivity index (χ1) is 9.41. The third-order valence-electron chi connectivity index (χ3n) is 3.81. The van der Waals surface area contributed by atoms with Crippen molar-refractivity contribution in [2.24, 2.45) is 5.92 Å². The van der Waals surface area contributed by atoms with E-state index >= 15 is 0 Å². The fourth-order valence-corrected chi connectivity index (χ4v) is 2.35. The van der Waals surface area contributed by atoms with Gasteiger partial charge in [-0.1, -0.05) is 18.2 Å². The topological polar surface area (TPSA) is 60.9 Å². The number of carbonyl (C=O) groups is 2. The predicted molar refractivity (Wildman–Crippen MR) is 76.9 cm³/mol. The number of rotatable bonds is 2. The number of benzene rings is 1. The highest BCUT2D eigenvalue weighted by atomic mass is 16.4. The summed E-state index contributed by atoms with van der Waals surface area (Å²) in [7, 11) is 1.74. The third kappa shape index (κ3) is 2.61. The molecule has 1 heterocycles. The van der Waals surface area contributed by atoms with Crippen LogP contribution in [0.25, 0.3) is 0 Å². The number of nitrogens with zero attached hydrogens (tertiary/aromatic N) is 2. The number of hydrogen-bond acceptors (Lipinski definition) is 2. The summed E-state index contributed by atoms with van der Waals surface area (Å²) < 4.78 is 0. The van der Waals surface area contributed by atoms with Gasteiger partial charge in [-0.25, -0.2) is 4.79 Å². The van der Waals surface area contributed by atoms with Crippen LogP contribution in [0.5, 0.6) is 0 Å². The van der Waals surface area contributed by atoms with Crippen LogP contribution in [0.2, 0.25) is 0 Å². The fraction of sp³-hybridized carbons (Fsp3) is 0.467. The number of carbonyl (C=O) groups excluding carboxylic acids is 1. The van der Waals surface area contributed by atoms with Gasteiger partial charge in [0, 0.05) is 25.3 Å². The second-order valence-corrected chi connectivity index (χ2v) is 5.47. The standard InChI is InChI=1S/C15H20N2O3/c1-10(2)16(3)15(20)17-9-12(14(18)19)8-11-6-4-5-7-13(11)17/h4-7,10,12H,8-9H2,1-3H3,(H,18,19). The minimum absolute atomic E-state index is 0.0693. The normalized spacial score (nSPS) is 17.8. The molecule has 0 saturated heterocycles. The first kappa shape index (κ1) is 14.4. The molecule has 0 aliphatic carbocycles. The molecule has 1 atom stereocenters. The largest absolute Gasteiger partial charge is 0.481 e. The van der Waals surface area contributed by atoms with Crippen molar-refractivity contribution >= 4 is 17.7 Å². The van der Waals surface area contributed by atoms with E-state index in [-0.39, 0.29) is 18.6 Å². The summed E-state index contributed by atoms with van der Waals surface area (Å²) in [6.07, 6.45) is 0.473. The number of urea groups is 1. The minimum Gasteiger partial charge on any atom is -0.481 e. The number of hydrogen-bond donors (Lipinski definition) is 1. The van der Waals surface area contributed by atoms with E-state index in [0.29, 0.717) is 6.42 Å². The monoisotopic (exact) mass is 276 g/mol. The van der Waals surface area contributed by atoms with Crippen LogP contribution in [0, 0.1) is 5.92 Å². The first-order valence-electron chi connectivity index (χ1n) is 6.77. The Morgan fingerprint density at radius 1 is 1.35 bits per heavy atom. The SMILES string of the molecule is CC(C)N(C)C(=O)N1CC(C(=O)O)Cc2ccccc21. The Labute approximate surface area is 118 Å². The molecule has 0 saturated carbocycles. The van der Waals surface area contributed by atoms with Crippen LogP contribution in [0.1, 0.15) is 19.4 Å². The van der Waals surface area contributed by atoms with Gasteiger partial charge in [-0.3, -0.25) is 9.69 Å². The Kier molecular flexibility index (Phi) is 3.97. The van der Waals surface area contributed by atoms with Crippen molar-refractivity contribution in [3.05, 3.63) is 29.8 Å². The molecule has 2 amide bonds. The molecule has 5 heteroatoms. The quantitative estimate of drug-likeness (QED) is 0.901. The zero-order chi connectivity index (χ0) is 14.9. The number of carboxylic acid groups (broad SMARTS) is 1. The molecule has 1 aliphatic heterocycles. The zero-order valence-corrected chi connectivity index (χ0v) is 12.0. The van der Waals surface area contributed by atoms with Crippen molar-refractivity contribution < 1.29 is 14.7 Å². The lowest BCUT2D eigenvalue weighted by Gasteiger charge is -2.36. The lowest BCUT2D eigenvalue weighted by molar-refractivity contribution is -0.141. The Balaban J connectivity index is 2.36. The summed E-state index contributed by atoms with van der Waals surface area (Å²) in [6, 6.07) is 7.42. The van der Waals surface area contributed by atoms with Crippen molar-refractivity contribution in [2.45, 2.75) is 26.3 Å². The van der Waals surface area contributed by atoms with Gasteiger partial charge in [-0.05, 0) is 31.9 Å². The molecule has 0 spiro atoms. The number of aliphatic carboxylic acids is 1. The Bertz CT molecular complexity index is 528. The molecule has 20 heavy (non-hydrogen) atoms. The number of para-hydroxylation sites is 1. The number of amides is 2. The first-order valence-corrected chi connectivity index (χ1v) is 6.77. The molecule has 1 aliphatic rings. The Hall–Kier alpha value is -2.04. The molecule has 0 radical (unpaired) electrons. The Morgan fingerprint density at radius 2 is 2.00 bits per heavy atom. The maximum absolute atomic E-state index is 12.5. The second-order valence-electron chi connectivity index (χ2n) is 5.47. The van der Waals surface area contributed by atoms with Crippen molar-refractivity contribution in [3.8, 4) is 0 Å². The van der Waals surface area contributed by atoms with Gasteiger partial charge in [-0.2, -0.15) is 0 Å². The van der Waals surface area contributed by atoms with E-state index in [2.05, 4.69) is 0 Å². The number of carboxylic acids is 1. The molecule has 1 unspecified atom stereocenters. The van der Waals surface area contributed by atoms with Crippen LogP contribution in [0.3, 0.4) is 0 Å². The lowest BCUT2D eigenvalue weighted by Crippen LogP contribution is -2.49. The maximum atomic E-state index is 12.5. The predicted octanol–water partition coefficient (Wildman–Crippen LogP) is 2.21. The smallest absolute Gasteiger partial charge is 0.324 e. The average molecular weight is 276 g/mol. The second kappa shape index (κ2) is 5.53. The van der Waals surface area contributed by atoms with Crippen LogP contribution in [0.4, 0.5) is 10.5 Å². The molecule has 0 aromatic heterocycles. The van der Waals surface area contributed by atoms with E-state index in [9.17, 15) is 14.7 Å². The van der Waals surface area contributed by atoms with Crippen LogP contribution in [0.15, 0.2) is 24.3 Å². The summed E-state index contributed by atoms with van der Waals surface area (Å²) in [4.78, 5) is 27.0. The van der Waals surface area contributed by atoms with Gasteiger partial charge in [0.2, 0.25) is 0 Å². The summed E-state index contributed by atoms with van der Waals surface area (Å²) in [5, 5.41) is 9.26. The number of anilines is 1. The fourth-order valence-electron chi connectivity index (χ4n) is 2.35. The van der Waals surface area contributed by atoms with Gasteiger partial charge in [-0.15, -0.1) is 0 Å².